The second kappa shape index (κ2) is 5.10. The highest BCUT2D eigenvalue weighted by atomic mass is 16.6. The molecule has 114 valence electrons. The van der Waals surface area contributed by atoms with Crippen molar-refractivity contribution < 1.29 is 14.8 Å². The largest absolute Gasteiger partial charge is 0.481 e. The Morgan fingerprint density at radius 2 is 2.38 bits per heavy atom. The number of aliphatic carboxylic acids is 1. The van der Waals surface area contributed by atoms with Gasteiger partial charge in [-0.2, -0.15) is 5.10 Å². The number of hydrogen-bond acceptors (Lipinski definition) is 5. The van der Waals surface area contributed by atoms with E-state index in [9.17, 15) is 20.0 Å². The minimum absolute atomic E-state index is 0.0182. The topological polar surface area (TPSA) is 102 Å². The molecule has 1 aromatic heterocycles. The molecule has 8 heteroatoms. The third-order valence-corrected chi connectivity index (χ3v) is 4.84. The van der Waals surface area contributed by atoms with E-state index in [1.165, 1.54) is 12.4 Å². The van der Waals surface area contributed by atoms with E-state index in [0.29, 0.717) is 19.6 Å². The molecule has 2 fully saturated rings. The SMILES string of the molecule is O=C(O)[C@@]12CCC[C@H]1CN(CCn1cc([N+](=O)[O-])cn1)C2. The fourth-order valence-electron chi connectivity index (χ4n) is 3.73. The standard InChI is InChI=1S/C13H18N4O4/c18-12(19)13-3-1-2-10(13)7-15(9-13)4-5-16-8-11(6-14-16)17(20)21/h6,8,10H,1-5,7,9H2,(H,18,19)/t10-,13+/m0/s1. The van der Waals surface area contributed by atoms with E-state index in [-0.39, 0.29) is 11.6 Å². The second-order valence-corrected chi connectivity index (χ2v) is 6.00. The summed E-state index contributed by atoms with van der Waals surface area (Å²) in [7, 11) is 0. The fraction of sp³-hybridized carbons (Fsp3) is 0.692. The Morgan fingerprint density at radius 1 is 1.57 bits per heavy atom. The number of carboxylic acids is 1. The van der Waals surface area contributed by atoms with Gasteiger partial charge in [0.2, 0.25) is 0 Å². The molecule has 1 N–H and O–H groups in total. The van der Waals surface area contributed by atoms with Crippen molar-refractivity contribution in [1.29, 1.82) is 0 Å². The molecule has 3 rings (SSSR count). The Bertz CT molecular complexity index is 572. The van der Waals surface area contributed by atoms with Crippen LogP contribution in [0.2, 0.25) is 0 Å². The molecular formula is C13H18N4O4. The number of carboxylic acid groups (broad SMARTS) is 1. The first-order chi connectivity index (χ1) is 10.0. The number of rotatable bonds is 5. The zero-order chi connectivity index (χ0) is 15.0. The molecule has 1 aromatic rings. The minimum atomic E-state index is -0.678. The summed E-state index contributed by atoms with van der Waals surface area (Å²) < 4.78 is 1.54. The molecule has 0 unspecified atom stereocenters. The third-order valence-electron chi connectivity index (χ3n) is 4.84. The Balaban J connectivity index is 1.60. The van der Waals surface area contributed by atoms with Crippen LogP contribution in [-0.4, -0.2) is 50.3 Å². The molecule has 21 heavy (non-hydrogen) atoms. The summed E-state index contributed by atoms with van der Waals surface area (Å²) in [5.74, 6) is -0.441. The van der Waals surface area contributed by atoms with E-state index in [4.69, 9.17) is 0 Å². The predicted octanol–water partition coefficient (Wildman–Crippen LogP) is 0.978. The average molecular weight is 294 g/mol. The van der Waals surface area contributed by atoms with E-state index in [1.54, 1.807) is 4.68 Å². The van der Waals surface area contributed by atoms with Crippen LogP contribution in [0.3, 0.4) is 0 Å². The van der Waals surface area contributed by atoms with Gasteiger partial charge in [-0.15, -0.1) is 0 Å². The van der Waals surface area contributed by atoms with E-state index in [0.717, 1.165) is 25.8 Å². The third kappa shape index (κ3) is 2.39. The maximum Gasteiger partial charge on any atom is 0.311 e. The highest BCUT2D eigenvalue weighted by Gasteiger charge is 2.54. The minimum Gasteiger partial charge on any atom is -0.481 e. The highest BCUT2D eigenvalue weighted by Crippen LogP contribution is 2.48. The molecule has 1 aliphatic heterocycles. The average Bonchev–Trinajstić information content (AvgIpc) is 3.09. The monoisotopic (exact) mass is 294 g/mol. The summed E-state index contributed by atoms with van der Waals surface area (Å²) in [6.07, 6.45) is 5.38. The lowest BCUT2D eigenvalue weighted by atomic mass is 9.81. The molecule has 1 saturated carbocycles. The molecule has 2 aliphatic rings. The number of fused-ring (bicyclic) bond motifs is 1. The van der Waals surface area contributed by atoms with Gasteiger partial charge in [0.25, 0.3) is 0 Å². The number of likely N-dealkylation sites (tertiary alicyclic amines) is 1. The van der Waals surface area contributed by atoms with Gasteiger partial charge in [0.05, 0.1) is 16.9 Å². The summed E-state index contributed by atoms with van der Waals surface area (Å²) in [4.78, 5) is 23.9. The quantitative estimate of drug-likeness (QED) is 0.641. The van der Waals surface area contributed by atoms with Crippen LogP contribution in [0.5, 0.6) is 0 Å². The van der Waals surface area contributed by atoms with Gasteiger partial charge in [0.1, 0.15) is 12.4 Å². The van der Waals surface area contributed by atoms with Crippen molar-refractivity contribution in [3.05, 3.63) is 22.5 Å². The van der Waals surface area contributed by atoms with Crippen LogP contribution in [0.4, 0.5) is 5.69 Å². The van der Waals surface area contributed by atoms with Crippen molar-refractivity contribution in [3.8, 4) is 0 Å². The van der Waals surface area contributed by atoms with Gasteiger partial charge in [0.15, 0.2) is 0 Å². The van der Waals surface area contributed by atoms with Crippen LogP contribution >= 0.6 is 0 Å². The van der Waals surface area contributed by atoms with E-state index >= 15 is 0 Å². The summed E-state index contributed by atoms with van der Waals surface area (Å²) >= 11 is 0. The van der Waals surface area contributed by atoms with Crippen LogP contribution in [-0.2, 0) is 11.3 Å². The first-order valence-corrected chi connectivity index (χ1v) is 7.14. The molecule has 1 aliphatic carbocycles. The van der Waals surface area contributed by atoms with Gasteiger partial charge in [-0.05, 0) is 18.8 Å². The number of aromatic nitrogens is 2. The van der Waals surface area contributed by atoms with Crippen LogP contribution < -0.4 is 0 Å². The summed E-state index contributed by atoms with van der Waals surface area (Å²) in [6.45, 7) is 2.59. The van der Waals surface area contributed by atoms with E-state index in [1.807, 2.05) is 0 Å². The number of nitrogens with zero attached hydrogens (tertiary/aromatic N) is 4. The van der Waals surface area contributed by atoms with Crippen molar-refractivity contribution in [3.63, 3.8) is 0 Å². The first-order valence-electron chi connectivity index (χ1n) is 7.14. The summed E-state index contributed by atoms with van der Waals surface area (Å²) in [6, 6.07) is 0. The van der Waals surface area contributed by atoms with Gasteiger partial charge < -0.3 is 10.0 Å². The lowest BCUT2D eigenvalue weighted by Crippen LogP contribution is -2.36. The number of nitro groups is 1. The second-order valence-electron chi connectivity index (χ2n) is 6.00. The fourth-order valence-corrected chi connectivity index (χ4v) is 3.73. The molecule has 0 amide bonds. The molecule has 0 spiro atoms. The molecule has 1 saturated heterocycles. The zero-order valence-electron chi connectivity index (χ0n) is 11.6. The molecular weight excluding hydrogens is 276 g/mol. The van der Waals surface area contributed by atoms with E-state index < -0.39 is 16.3 Å². The van der Waals surface area contributed by atoms with Gasteiger partial charge in [-0.1, -0.05) is 6.42 Å². The Morgan fingerprint density at radius 3 is 3.00 bits per heavy atom. The first kappa shape index (κ1) is 14.0. The zero-order valence-corrected chi connectivity index (χ0v) is 11.6. The molecule has 2 atom stereocenters. The molecule has 2 heterocycles. The molecule has 8 nitrogen and oxygen atoms in total. The lowest BCUT2D eigenvalue weighted by Gasteiger charge is -2.23. The Hall–Kier alpha value is -1.96. The number of carbonyl (C=O) groups is 1. The van der Waals surface area contributed by atoms with Crippen LogP contribution in [0.15, 0.2) is 12.4 Å². The van der Waals surface area contributed by atoms with Crippen molar-refractivity contribution in [2.75, 3.05) is 19.6 Å². The van der Waals surface area contributed by atoms with Gasteiger partial charge in [-0.3, -0.25) is 19.6 Å². The highest BCUT2D eigenvalue weighted by molar-refractivity contribution is 5.76. The molecule has 0 bridgehead atoms. The summed E-state index contributed by atoms with van der Waals surface area (Å²) in [5.41, 5.74) is -0.592. The maximum absolute atomic E-state index is 11.6. The van der Waals surface area contributed by atoms with Crippen molar-refractivity contribution >= 4 is 11.7 Å². The van der Waals surface area contributed by atoms with Gasteiger partial charge >= 0.3 is 11.7 Å². The predicted molar refractivity (Wildman–Crippen MR) is 72.7 cm³/mol. The van der Waals surface area contributed by atoms with Crippen molar-refractivity contribution in [1.82, 2.24) is 14.7 Å². The Labute approximate surface area is 121 Å². The molecule has 0 radical (unpaired) electrons. The van der Waals surface area contributed by atoms with Crippen molar-refractivity contribution in [2.45, 2.75) is 25.8 Å². The van der Waals surface area contributed by atoms with Crippen molar-refractivity contribution in [2.24, 2.45) is 11.3 Å². The van der Waals surface area contributed by atoms with Crippen LogP contribution in [0, 0.1) is 21.4 Å². The summed E-state index contributed by atoms with van der Waals surface area (Å²) in [5, 5.41) is 24.1. The smallest absolute Gasteiger partial charge is 0.311 e. The van der Waals surface area contributed by atoms with E-state index in [2.05, 4.69) is 10.00 Å². The number of hydrogen-bond donors (Lipinski definition) is 1. The van der Waals surface area contributed by atoms with Crippen LogP contribution in [0.1, 0.15) is 19.3 Å². The van der Waals surface area contributed by atoms with Gasteiger partial charge in [0, 0.05) is 19.6 Å². The van der Waals surface area contributed by atoms with Crippen LogP contribution in [0.25, 0.3) is 0 Å². The molecule has 0 aromatic carbocycles. The normalized spacial score (nSPS) is 28.7. The maximum atomic E-state index is 11.6. The lowest BCUT2D eigenvalue weighted by molar-refractivity contribution is -0.385. The van der Waals surface area contributed by atoms with Gasteiger partial charge in [-0.25, -0.2) is 0 Å². The Kier molecular flexibility index (Phi) is 3.40.